The van der Waals surface area contributed by atoms with Crippen molar-refractivity contribution in [3.05, 3.63) is 34.5 Å². The third-order valence-corrected chi connectivity index (χ3v) is 2.66. The topological polar surface area (TPSA) is 55.4 Å². The first-order valence-corrected chi connectivity index (χ1v) is 6.42. The number of ether oxygens (including phenoxy) is 1. The molecule has 1 aliphatic carbocycles. The average molecular weight is 284 g/mol. The molecule has 0 bridgehead atoms. The van der Waals surface area contributed by atoms with Crippen LogP contribution in [-0.4, -0.2) is 18.0 Å². The van der Waals surface area contributed by atoms with Crippen molar-refractivity contribution < 1.29 is 14.3 Å². The summed E-state index contributed by atoms with van der Waals surface area (Å²) < 4.78 is 5.14. The number of rotatable bonds is 2. The van der Waals surface area contributed by atoms with E-state index in [1.807, 2.05) is 6.08 Å². The second-order valence-electron chi connectivity index (χ2n) is 5.11. The molecule has 0 aliphatic heterocycles. The second-order valence-corrected chi connectivity index (χ2v) is 5.57. The highest BCUT2D eigenvalue weighted by atomic mass is 35.5. The number of aldehydes is 1. The molecule has 0 aromatic heterocycles. The lowest BCUT2D eigenvalue weighted by atomic mass is 10.1. The number of hydrogen-bond acceptors (Lipinski definition) is 3. The lowest BCUT2D eigenvalue weighted by Gasteiger charge is -2.21. The smallest absolute Gasteiger partial charge is 0.412 e. The van der Waals surface area contributed by atoms with Crippen LogP contribution in [0, 0.1) is 0 Å². The van der Waals surface area contributed by atoms with E-state index in [2.05, 4.69) is 5.32 Å². The van der Waals surface area contributed by atoms with E-state index in [0.717, 1.165) is 6.42 Å². The minimum atomic E-state index is -0.614. The molecular weight excluding hydrogens is 266 g/mol. The summed E-state index contributed by atoms with van der Waals surface area (Å²) in [6.07, 6.45) is 6.68. The fraction of sp³-hybridized carbons (Fsp3) is 0.429. The molecule has 0 spiro atoms. The van der Waals surface area contributed by atoms with Gasteiger partial charge in [-0.25, -0.2) is 4.79 Å². The van der Waals surface area contributed by atoms with E-state index in [4.69, 9.17) is 16.3 Å². The Hall–Kier alpha value is -1.55. The zero-order valence-electron chi connectivity index (χ0n) is 11.3. The van der Waals surface area contributed by atoms with Gasteiger partial charge in [-0.2, -0.15) is 0 Å². The number of nitrogens with one attached hydrogen (secondary N) is 1. The summed E-state index contributed by atoms with van der Waals surface area (Å²) in [4.78, 5) is 22.8. The van der Waals surface area contributed by atoms with Gasteiger partial charge in [-0.15, -0.1) is 0 Å². The number of amides is 1. The maximum Gasteiger partial charge on any atom is 0.412 e. The quantitative estimate of drug-likeness (QED) is 0.790. The molecule has 1 rings (SSSR count). The molecule has 0 aromatic rings. The van der Waals surface area contributed by atoms with Crippen LogP contribution >= 0.6 is 11.6 Å². The van der Waals surface area contributed by atoms with Gasteiger partial charge in [-0.05, 0) is 39.7 Å². The van der Waals surface area contributed by atoms with Crippen molar-refractivity contribution in [1.82, 2.24) is 5.32 Å². The Bertz CT molecular complexity index is 456. The van der Waals surface area contributed by atoms with Crippen LogP contribution in [0.1, 0.15) is 33.6 Å². The summed E-state index contributed by atoms with van der Waals surface area (Å²) in [7, 11) is 0. The molecular formula is C14H18ClNO3. The predicted octanol–water partition coefficient (Wildman–Crippen LogP) is 3.44. The molecule has 4 nitrogen and oxygen atoms in total. The normalized spacial score (nSPS) is 18.0. The van der Waals surface area contributed by atoms with Crippen molar-refractivity contribution in [3.63, 3.8) is 0 Å². The molecule has 0 unspecified atom stereocenters. The average Bonchev–Trinajstić information content (AvgIpc) is 2.24. The Morgan fingerprint density at radius 2 is 2.16 bits per heavy atom. The largest absolute Gasteiger partial charge is 0.444 e. The Morgan fingerprint density at radius 3 is 2.74 bits per heavy atom. The van der Waals surface area contributed by atoms with Crippen molar-refractivity contribution in [2.24, 2.45) is 0 Å². The van der Waals surface area contributed by atoms with Crippen molar-refractivity contribution >= 4 is 24.0 Å². The molecule has 1 amide bonds. The van der Waals surface area contributed by atoms with Crippen LogP contribution in [0.2, 0.25) is 0 Å². The Balaban J connectivity index is 2.91. The zero-order chi connectivity index (χ0) is 14.5. The number of hydrogen-bond donors (Lipinski definition) is 1. The molecule has 0 heterocycles. The maximum atomic E-state index is 11.7. The van der Waals surface area contributed by atoms with Crippen LogP contribution in [0.25, 0.3) is 0 Å². The van der Waals surface area contributed by atoms with Crippen molar-refractivity contribution in [1.29, 1.82) is 0 Å². The highest BCUT2D eigenvalue weighted by Crippen LogP contribution is 2.22. The van der Waals surface area contributed by atoms with E-state index < -0.39 is 11.7 Å². The van der Waals surface area contributed by atoms with E-state index in [1.54, 1.807) is 32.9 Å². The summed E-state index contributed by atoms with van der Waals surface area (Å²) >= 11 is 6.05. The Labute approximate surface area is 118 Å². The molecule has 0 atom stereocenters. The Kier molecular flexibility index (Phi) is 5.36. The van der Waals surface area contributed by atoms with Crippen LogP contribution in [0.15, 0.2) is 34.5 Å². The molecule has 1 aliphatic rings. The molecule has 19 heavy (non-hydrogen) atoms. The van der Waals surface area contributed by atoms with Crippen molar-refractivity contribution in [3.8, 4) is 0 Å². The van der Waals surface area contributed by atoms with E-state index in [1.165, 1.54) is 0 Å². The fourth-order valence-electron chi connectivity index (χ4n) is 1.49. The molecule has 0 fully saturated rings. The third-order valence-electron chi connectivity index (χ3n) is 2.27. The monoisotopic (exact) mass is 283 g/mol. The molecule has 0 radical (unpaired) electrons. The number of carbonyl (C=O) groups excluding carboxylic acids is 2. The van der Waals surface area contributed by atoms with Gasteiger partial charge in [0.2, 0.25) is 0 Å². The number of allylic oxidation sites excluding steroid dienone is 5. The summed E-state index contributed by atoms with van der Waals surface area (Å²) in [5.41, 5.74) is 0.0406. The van der Waals surface area contributed by atoms with Gasteiger partial charge < -0.3 is 4.74 Å². The minimum absolute atomic E-state index is 0.289. The highest BCUT2D eigenvalue weighted by molar-refractivity contribution is 6.31. The van der Waals surface area contributed by atoms with E-state index in [-0.39, 0.29) is 5.57 Å². The van der Waals surface area contributed by atoms with Gasteiger partial charge >= 0.3 is 6.09 Å². The van der Waals surface area contributed by atoms with Crippen LogP contribution in [-0.2, 0) is 9.53 Å². The van der Waals surface area contributed by atoms with Gasteiger partial charge in [-0.1, -0.05) is 23.8 Å². The first kappa shape index (κ1) is 15.5. The van der Waals surface area contributed by atoms with Gasteiger partial charge in [0, 0.05) is 5.03 Å². The maximum absolute atomic E-state index is 11.7. The van der Waals surface area contributed by atoms with Crippen LogP contribution in [0.4, 0.5) is 4.79 Å². The predicted molar refractivity (Wildman–Crippen MR) is 74.8 cm³/mol. The van der Waals surface area contributed by atoms with Gasteiger partial charge in [0.25, 0.3) is 0 Å². The summed E-state index contributed by atoms with van der Waals surface area (Å²) in [5, 5.41) is 2.98. The van der Waals surface area contributed by atoms with Crippen LogP contribution in [0.3, 0.4) is 0 Å². The fourth-order valence-corrected chi connectivity index (χ4v) is 1.75. The van der Waals surface area contributed by atoms with E-state index >= 15 is 0 Å². The highest BCUT2D eigenvalue weighted by Gasteiger charge is 2.19. The molecule has 1 N–H and O–H groups in total. The van der Waals surface area contributed by atoms with Crippen LogP contribution < -0.4 is 5.32 Å². The van der Waals surface area contributed by atoms with Crippen molar-refractivity contribution in [2.45, 2.75) is 39.2 Å². The minimum Gasteiger partial charge on any atom is -0.444 e. The number of alkyl carbamates (subject to hydrolysis) is 1. The lowest BCUT2D eigenvalue weighted by Crippen LogP contribution is -2.32. The molecule has 0 saturated heterocycles. The number of halogens is 1. The van der Waals surface area contributed by atoms with Gasteiger partial charge in [0.1, 0.15) is 5.60 Å². The molecule has 0 aromatic carbocycles. The molecule has 5 heteroatoms. The number of carbonyl (C=O) groups is 2. The van der Waals surface area contributed by atoms with E-state index in [9.17, 15) is 9.59 Å². The Morgan fingerprint density at radius 1 is 1.47 bits per heavy atom. The van der Waals surface area contributed by atoms with Gasteiger partial charge in [0.05, 0.1) is 11.3 Å². The SMILES string of the molecule is CC(C)(C)OC(=O)NC1=C/C=C\CCC(Cl)=C1C=O. The standard InChI is InChI=1S/C14H18ClNO3/c1-14(2,3)19-13(18)16-12-8-6-4-5-7-11(15)10(12)9-17/h4,6,8-9H,5,7H2,1-3H3,(H,16,18)/b6-4-,11-10?,12-8?. The first-order valence-electron chi connectivity index (χ1n) is 6.04. The van der Waals surface area contributed by atoms with Gasteiger partial charge in [0.15, 0.2) is 6.29 Å². The van der Waals surface area contributed by atoms with Crippen molar-refractivity contribution in [2.75, 3.05) is 0 Å². The summed E-state index contributed by atoms with van der Waals surface area (Å²) in [5.74, 6) is 0. The molecule has 0 saturated carbocycles. The molecule has 104 valence electrons. The van der Waals surface area contributed by atoms with Crippen LogP contribution in [0.5, 0.6) is 0 Å². The lowest BCUT2D eigenvalue weighted by molar-refractivity contribution is -0.104. The van der Waals surface area contributed by atoms with Gasteiger partial charge in [-0.3, -0.25) is 10.1 Å². The first-order chi connectivity index (χ1) is 8.83. The zero-order valence-corrected chi connectivity index (χ0v) is 12.1. The summed E-state index contributed by atoms with van der Waals surface area (Å²) in [6, 6.07) is 0. The van der Waals surface area contributed by atoms with E-state index in [0.29, 0.717) is 23.4 Å². The third kappa shape index (κ3) is 5.30. The second kappa shape index (κ2) is 6.57. The summed E-state index contributed by atoms with van der Waals surface area (Å²) in [6.45, 7) is 5.30.